The van der Waals surface area contributed by atoms with Crippen LogP contribution < -0.4 is 5.32 Å². The van der Waals surface area contributed by atoms with Crippen molar-refractivity contribution in [2.24, 2.45) is 0 Å². The Bertz CT molecular complexity index is 423. The molecule has 6 heteroatoms. The van der Waals surface area contributed by atoms with E-state index in [0.717, 1.165) is 12.1 Å². The van der Waals surface area contributed by atoms with Gasteiger partial charge in [-0.2, -0.15) is 0 Å². The van der Waals surface area contributed by atoms with Gasteiger partial charge in [0.15, 0.2) is 0 Å². The molecule has 1 rings (SSSR count). The zero-order valence-electron chi connectivity index (χ0n) is 9.20. The molecule has 0 aliphatic carbocycles. The maximum atomic E-state index is 12.8. The number of hydrogen-bond donors (Lipinski definition) is 3. The Balaban J connectivity index is 2.71. The van der Waals surface area contributed by atoms with Gasteiger partial charge in [-0.15, -0.1) is 0 Å². The number of carbonyl (C=O) groups excluding carboxylic acids is 1. The number of amides is 1. The van der Waals surface area contributed by atoms with Crippen molar-refractivity contribution < 1.29 is 19.4 Å². The van der Waals surface area contributed by atoms with Crippen LogP contribution in [0.25, 0.3) is 0 Å². The molecule has 0 aliphatic rings. The van der Waals surface area contributed by atoms with Crippen LogP contribution >= 0.6 is 11.6 Å². The van der Waals surface area contributed by atoms with Gasteiger partial charge in [-0.05, 0) is 25.1 Å². The maximum Gasteiger partial charge on any atom is 0.252 e. The fourth-order valence-corrected chi connectivity index (χ4v) is 1.35. The highest BCUT2D eigenvalue weighted by Crippen LogP contribution is 2.17. The fraction of sp³-hybridized carbons (Fsp3) is 0.364. The molecule has 1 aromatic carbocycles. The predicted molar refractivity (Wildman–Crippen MR) is 61.5 cm³/mol. The maximum absolute atomic E-state index is 12.8. The van der Waals surface area contributed by atoms with Gasteiger partial charge in [0.2, 0.25) is 0 Å². The predicted octanol–water partition coefficient (Wildman–Crippen LogP) is 0.952. The van der Waals surface area contributed by atoms with E-state index in [9.17, 15) is 14.3 Å². The van der Waals surface area contributed by atoms with Gasteiger partial charge in [0.25, 0.3) is 5.91 Å². The van der Waals surface area contributed by atoms with Crippen LogP contribution in [0.3, 0.4) is 0 Å². The molecule has 1 aromatic rings. The number of aliphatic hydroxyl groups is 2. The number of halogens is 2. The van der Waals surface area contributed by atoms with Crippen LogP contribution in [0, 0.1) is 5.82 Å². The summed E-state index contributed by atoms with van der Waals surface area (Å²) in [6.07, 6.45) is 0. The van der Waals surface area contributed by atoms with Gasteiger partial charge in [0, 0.05) is 6.54 Å². The molecule has 0 saturated carbocycles. The molecule has 94 valence electrons. The molecule has 1 atom stereocenters. The number of hydrogen-bond acceptors (Lipinski definition) is 3. The van der Waals surface area contributed by atoms with Crippen molar-refractivity contribution in [3.05, 3.63) is 34.6 Å². The monoisotopic (exact) mass is 261 g/mol. The van der Waals surface area contributed by atoms with Crippen LogP contribution in [0.15, 0.2) is 18.2 Å². The van der Waals surface area contributed by atoms with E-state index in [1.807, 2.05) is 0 Å². The van der Waals surface area contributed by atoms with E-state index < -0.39 is 23.9 Å². The standard InChI is InChI=1S/C11H13ClFNO3/c1-11(17,6-15)5-14-10(16)8-3-2-7(13)4-9(8)12/h2-4,15,17H,5-6H2,1H3,(H,14,16). The zero-order valence-corrected chi connectivity index (χ0v) is 9.96. The first-order valence-electron chi connectivity index (χ1n) is 4.92. The lowest BCUT2D eigenvalue weighted by Crippen LogP contribution is -2.43. The summed E-state index contributed by atoms with van der Waals surface area (Å²) in [5.74, 6) is -1.07. The first-order chi connectivity index (χ1) is 7.85. The lowest BCUT2D eigenvalue weighted by molar-refractivity contribution is 0.00320. The average Bonchev–Trinajstić information content (AvgIpc) is 2.26. The normalized spacial score (nSPS) is 14.2. The minimum atomic E-state index is -1.40. The second kappa shape index (κ2) is 5.44. The van der Waals surface area contributed by atoms with Gasteiger partial charge in [-0.25, -0.2) is 4.39 Å². The Labute approximate surface area is 103 Å². The highest BCUT2D eigenvalue weighted by Gasteiger charge is 2.21. The minimum Gasteiger partial charge on any atom is -0.393 e. The summed E-state index contributed by atoms with van der Waals surface area (Å²) in [7, 11) is 0. The van der Waals surface area contributed by atoms with Crippen LogP contribution in [0.1, 0.15) is 17.3 Å². The first-order valence-corrected chi connectivity index (χ1v) is 5.30. The molecule has 1 amide bonds. The van der Waals surface area contributed by atoms with E-state index in [0.29, 0.717) is 0 Å². The Morgan fingerprint density at radius 2 is 2.24 bits per heavy atom. The van der Waals surface area contributed by atoms with Crippen molar-refractivity contribution in [3.63, 3.8) is 0 Å². The molecular weight excluding hydrogens is 249 g/mol. The van der Waals surface area contributed by atoms with Gasteiger partial charge < -0.3 is 15.5 Å². The molecule has 17 heavy (non-hydrogen) atoms. The summed E-state index contributed by atoms with van der Waals surface area (Å²) >= 11 is 5.70. The molecule has 4 nitrogen and oxygen atoms in total. The summed E-state index contributed by atoms with van der Waals surface area (Å²) in [4.78, 5) is 11.6. The van der Waals surface area contributed by atoms with Crippen LogP contribution in [0.4, 0.5) is 4.39 Å². The molecule has 0 radical (unpaired) electrons. The number of nitrogens with one attached hydrogen (secondary N) is 1. The van der Waals surface area contributed by atoms with E-state index in [2.05, 4.69) is 5.32 Å². The van der Waals surface area contributed by atoms with Gasteiger partial charge in [0.1, 0.15) is 11.4 Å². The third-order valence-corrected chi connectivity index (χ3v) is 2.46. The Hall–Kier alpha value is -1.17. The smallest absolute Gasteiger partial charge is 0.252 e. The second-order valence-corrected chi connectivity index (χ2v) is 4.37. The summed E-state index contributed by atoms with van der Waals surface area (Å²) in [6, 6.07) is 3.40. The molecule has 0 fully saturated rings. The Kier molecular flexibility index (Phi) is 4.45. The van der Waals surface area contributed by atoms with Gasteiger partial charge in [-0.3, -0.25) is 4.79 Å². The average molecular weight is 262 g/mol. The fourth-order valence-electron chi connectivity index (χ4n) is 1.10. The van der Waals surface area contributed by atoms with Crippen LogP contribution in [-0.4, -0.2) is 34.9 Å². The molecule has 0 aromatic heterocycles. The topological polar surface area (TPSA) is 69.6 Å². The lowest BCUT2D eigenvalue weighted by Gasteiger charge is -2.20. The van der Waals surface area contributed by atoms with E-state index in [4.69, 9.17) is 16.7 Å². The van der Waals surface area contributed by atoms with Crippen molar-refractivity contribution in [1.82, 2.24) is 5.32 Å². The number of rotatable bonds is 4. The van der Waals surface area contributed by atoms with Crippen molar-refractivity contribution in [3.8, 4) is 0 Å². The summed E-state index contributed by atoms with van der Waals surface area (Å²) in [5, 5.41) is 20.7. The van der Waals surface area contributed by atoms with Crippen molar-refractivity contribution in [2.45, 2.75) is 12.5 Å². The number of aliphatic hydroxyl groups excluding tert-OH is 1. The first kappa shape index (κ1) is 13.9. The molecule has 0 heterocycles. The number of carbonyl (C=O) groups is 1. The van der Waals surface area contributed by atoms with Crippen molar-refractivity contribution in [1.29, 1.82) is 0 Å². The number of benzene rings is 1. The van der Waals surface area contributed by atoms with E-state index in [1.165, 1.54) is 13.0 Å². The van der Waals surface area contributed by atoms with Gasteiger partial charge in [-0.1, -0.05) is 11.6 Å². The second-order valence-electron chi connectivity index (χ2n) is 3.96. The van der Waals surface area contributed by atoms with E-state index >= 15 is 0 Å². The van der Waals surface area contributed by atoms with Crippen LogP contribution in [0.5, 0.6) is 0 Å². The molecule has 0 bridgehead atoms. The zero-order chi connectivity index (χ0) is 13.1. The summed E-state index contributed by atoms with van der Waals surface area (Å²) in [6.45, 7) is 0.764. The minimum absolute atomic E-state index is 0.00820. The Morgan fingerprint density at radius 3 is 2.76 bits per heavy atom. The third-order valence-electron chi connectivity index (χ3n) is 2.15. The van der Waals surface area contributed by atoms with Gasteiger partial charge >= 0.3 is 0 Å². The SMILES string of the molecule is CC(O)(CO)CNC(=O)c1ccc(F)cc1Cl. The van der Waals surface area contributed by atoms with Gasteiger partial charge in [0.05, 0.1) is 17.2 Å². The van der Waals surface area contributed by atoms with Crippen LogP contribution in [-0.2, 0) is 0 Å². The molecule has 0 spiro atoms. The largest absolute Gasteiger partial charge is 0.393 e. The third kappa shape index (κ3) is 3.96. The molecule has 0 aliphatic heterocycles. The quantitative estimate of drug-likeness (QED) is 0.756. The summed E-state index contributed by atoms with van der Waals surface area (Å²) < 4.78 is 12.8. The molecule has 0 saturated heterocycles. The Morgan fingerprint density at radius 1 is 1.59 bits per heavy atom. The highest BCUT2D eigenvalue weighted by molar-refractivity contribution is 6.33. The van der Waals surface area contributed by atoms with Crippen molar-refractivity contribution >= 4 is 17.5 Å². The van der Waals surface area contributed by atoms with E-state index in [-0.39, 0.29) is 17.1 Å². The van der Waals surface area contributed by atoms with Crippen molar-refractivity contribution in [2.75, 3.05) is 13.2 Å². The molecule has 3 N–H and O–H groups in total. The molecule has 1 unspecified atom stereocenters. The lowest BCUT2D eigenvalue weighted by atomic mass is 10.1. The summed E-state index contributed by atoms with van der Waals surface area (Å²) in [5.41, 5.74) is -1.29. The van der Waals surface area contributed by atoms with Crippen LogP contribution in [0.2, 0.25) is 5.02 Å². The highest BCUT2D eigenvalue weighted by atomic mass is 35.5. The van der Waals surface area contributed by atoms with E-state index in [1.54, 1.807) is 0 Å². The molecular formula is C11H13ClFNO3.